The van der Waals surface area contributed by atoms with Crippen molar-refractivity contribution in [2.75, 3.05) is 19.6 Å². The predicted octanol–water partition coefficient (Wildman–Crippen LogP) is 1.93. The summed E-state index contributed by atoms with van der Waals surface area (Å²) < 4.78 is 27.4. The van der Waals surface area contributed by atoms with Crippen molar-refractivity contribution >= 4 is 44.8 Å². The number of piperidine rings is 1. The second-order valence-corrected chi connectivity index (χ2v) is 11.0. The zero-order valence-electron chi connectivity index (χ0n) is 15.4. The lowest BCUT2D eigenvalue weighted by Gasteiger charge is -2.37. The van der Waals surface area contributed by atoms with Crippen molar-refractivity contribution in [3.05, 3.63) is 21.3 Å². The average molecular weight is 434 g/mol. The number of hydrogen-bond acceptors (Lipinski definition) is 6. The van der Waals surface area contributed by atoms with Gasteiger partial charge in [-0.25, -0.2) is 12.7 Å². The van der Waals surface area contributed by atoms with Crippen LogP contribution in [0.2, 0.25) is 4.34 Å². The highest BCUT2D eigenvalue weighted by atomic mass is 35.5. The molecule has 2 aliphatic rings. The largest absolute Gasteiger partial charge is 0.350 e. The third-order valence-corrected chi connectivity index (χ3v) is 8.65. The van der Waals surface area contributed by atoms with Crippen molar-refractivity contribution in [2.24, 2.45) is 0 Å². The van der Waals surface area contributed by atoms with Crippen LogP contribution >= 0.6 is 22.9 Å². The number of rotatable bonds is 5. The predicted molar refractivity (Wildman–Crippen MR) is 106 cm³/mol. The van der Waals surface area contributed by atoms with E-state index in [0.29, 0.717) is 28.1 Å². The highest BCUT2D eigenvalue weighted by Crippen LogP contribution is 2.30. The summed E-state index contributed by atoms with van der Waals surface area (Å²) in [5.41, 5.74) is 0. The van der Waals surface area contributed by atoms with E-state index in [-0.39, 0.29) is 30.8 Å². The zero-order chi connectivity index (χ0) is 19.8. The van der Waals surface area contributed by atoms with Gasteiger partial charge in [-0.3, -0.25) is 9.59 Å². The van der Waals surface area contributed by atoms with Crippen LogP contribution in [-0.4, -0.2) is 66.4 Å². The van der Waals surface area contributed by atoms with Crippen LogP contribution in [0.1, 0.15) is 42.8 Å². The number of carbonyl (C=O) groups is 2. The van der Waals surface area contributed by atoms with Crippen molar-refractivity contribution in [2.45, 2.75) is 50.4 Å². The Labute approximate surface area is 168 Å². The van der Waals surface area contributed by atoms with Crippen LogP contribution in [0.3, 0.4) is 0 Å². The third kappa shape index (κ3) is 4.31. The van der Waals surface area contributed by atoms with E-state index in [1.807, 2.05) is 0 Å². The van der Waals surface area contributed by atoms with Crippen LogP contribution in [0, 0.1) is 0 Å². The van der Waals surface area contributed by atoms with Gasteiger partial charge in [-0.2, -0.15) is 0 Å². The number of likely N-dealkylation sites (tertiary alicyclic amines) is 1. The maximum Gasteiger partial charge on any atom is 0.261 e. The number of halogens is 1. The maximum absolute atomic E-state index is 12.9. The number of carbonyl (C=O) groups excluding carboxylic acids is 2. The lowest BCUT2D eigenvalue weighted by atomic mass is 10.0. The third-order valence-electron chi connectivity index (χ3n) is 5.19. The molecule has 2 aliphatic heterocycles. The second-order valence-electron chi connectivity index (χ2n) is 7.24. The molecular weight excluding hydrogens is 410 g/mol. The summed E-state index contributed by atoms with van der Waals surface area (Å²) in [5.74, 6) is -0.741. The van der Waals surface area contributed by atoms with Crippen molar-refractivity contribution in [3.8, 4) is 0 Å². The van der Waals surface area contributed by atoms with E-state index in [1.54, 1.807) is 12.1 Å². The average Bonchev–Trinajstić information content (AvgIpc) is 3.13. The smallest absolute Gasteiger partial charge is 0.261 e. The number of hydrogen-bond donors (Lipinski definition) is 1. The quantitative estimate of drug-likeness (QED) is 0.766. The van der Waals surface area contributed by atoms with Gasteiger partial charge >= 0.3 is 0 Å². The number of amides is 2. The molecule has 150 valence electrons. The van der Waals surface area contributed by atoms with E-state index in [4.69, 9.17) is 11.6 Å². The summed E-state index contributed by atoms with van der Waals surface area (Å²) in [6, 6.07) is 3.33. The molecule has 0 spiro atoms. The minimum absolute atomic E-state index is 0.0796. The zero-order valence-corrected chi connectivity index (χ0v) is 17.7. The number of nitrogens with one attached hydrogen (secondary N) is 1. The molecule has 3 heterocycles. The van der Waals surface area contributed by atoms with Gasteiger partial charge in [-0.15, -0.1) is 11.3 Å². The molecule has 1 unspecified atom stereocenters. The molecule has 0 bridgehead atoms. The van der Waals surface area contributed by atoms with E-state index < -0.39 is 15.3 Å². The first-order chi connectivity index (χ1) is 12.7. The molecule has 2 saturated heterocycles. The monoisotopic (exact) mass is 433 g/mol. The van der Waals surface area contributed by atoms with Crippen LogP contribution in [-0.2, 0) is 14.8 Å². The fraction of sp³-hybridized carbons (Fsp3) is 0.647. The molecule has 0 saturated carbocycles. The Kier molecular flexibility index (Phi) is 6.14. The Morgan fingerprint density at radius 1 is 1.33 bits per heavy atom. The van der Waals surface area contributed by atoms with Crippen LogP contribution in [0.5, 0.6) is 0 Å². The number of thiophene rings is 1. The van der Waals surface area contributed by atoms with E-state index in [0.717, 1.165) is 28.7 Å². The van der Waals surface area contributed by atoms with Gasteiger partial charge in [-0.05, 0) is 38.8 Å². The molecule has 3 rings (SSSR count). The summed E-state index contributed by atoms with van der Waals surface area (Å²) in [7, 11) is -3.76. The molecule has 1 aromatic rings. The molecule has 10 heteroatoms. The lowest BCUT2D eigenvalue weighted by Crippen LogP contribution is -2.49. The maximum atomic E-state index is 12.9. The Morgan fingerprint density at radius 2 is 2.00 bits per heavy atom. The van der Waals surface area contributed by atoms with Crippen molar-refractivity contribution in [3.63, 3.8) is 0 Å². The first-order valence-corrected chi connectivity index (χ1v) is 11.7. The summed E-state index contributed by atoms with van der Waals surface area (Å²) in [6.45, 7) is 5.70. The van der Waals surface area contributed by atoms with Crippen LogP contribution in [0.25, 0.3) is 0 Å². The molecule has 2 amide bonds. The van der Waals surface area contributed by atoms with Gasteiger partial charge in [0.25, 0.3) is 5.91 Å². The molecule has 1 aromatic heterocycles. The van der Waals surface area contributed by atoms with Crippen molar-refractivity contribution in [1.82, 2.24) is 14.5 Å². The Bertz CT molecular complexity index is 816. The van der Waals surface area contributed by atoms with Gasteiger partial charge in [0.2, 0.25) is 15.9 Å². The summed E-state index contributed by atoms with van der Waals surface area (Å²) in [5, 5.41) is 1.71. The normalized spacial score (nSPS) is 23.9. The molecule has 0 aromatic carbocycles. The molecular formula is C17H24ClN3O4S2. The summed E-state index contributed by atoms with van der Waals surface area (Å²) >= 11 is 6.95. The first-order valence-electron chi connectivity index (χ1n) is 9.04. The standard InChI is InChI=1S/C17H24ClN3O4S2/c1-11(2)20-7-5-12(6-8-20)21-16(22)9-13(27(21,24)25)10-19-17(23)14-3-4-15(18)26-14/h3-4,11-13H,5-10H2,1-2H3,(H,19,23). The highest BCUT2D eigenvalue weighted by Gasteiger charge is 2.48. The molecule has 2 fully saturated rings. The second kappa shape index (κ2) is 8.06. The minimum Gasteiger partial charge on any atom is -0.350 e. The molecule has 0 aliphatic carbocycles. The van der Waals surface area contributed by atoms with Crippen molar-refractivity contribution < 1.29 is 18.0 Å². The number of nitrogens with zero attached hydrogens (tertiary/aromatic N) is 2. The summed E-state index contributed by atoms with van der Waals surface area (Å²) in [6.07, 6.45) is 1.21. The lowest BCUT2D eigenvalue weighted by molar-refractivity contribution is -0.127. The van der Waals surface area contributed by atoms with E-state index in [2.05, 4.69) is 24.1 Å². The van der Waals surface area contributed by atoms with Gasteiger partial charge in [0.1, 0.15) is 5.25 Å². The number of sulfonamides is 1. The van der Waals surface area contributed by atoms with E-state index in [1.165, 1.54) is 0 Å². The highest BCUT2D eigenvalue weighted by molar-refractivity contribution is 7.90. The fourth-order valence-corrected chi connectivity index (χ4v) is 6.56. The van der Waals surface area contributed by atoms with Gasteiger partial charge < -0.3 is 10.2 Å². The topological polar surface area (TPSA) is 86.8 Å². The van der Waals surface area contributed by atoms with E-state index in [9.17, 15) is 18.0 Å². The molecule has 27 heavy (non-hydrogen) atoms. The van der Waals surface area contributed by atoms with Crippen LogP contribution in [0.4, 0.5) is 0 Å². The molecule has 1 atom stereocenters. The van der Waals surface area contributed by atoms with Crippen LogP contribution < -0.4 is 5.32 Å². The first kappa shape index (κ1) is 20.6. The molecule has 7 nitrogen and oxygen atoms in total. The van der Waals surface area contributed by atoms with Gasteiger partial charge in [-0.1, -0.05) is 11.6 Å². The minimum atomic E-state index is -3.76. The van der Waals surface area contributed by atoms with Crippen molar-refractivity contribution in [1.29, 1.82) is 0 Å². The molecule has 1 N–H and O–H groups in total. The van der Waals surface area contributed by atoms with E-state index >= 15 is 0 Å². The summed E-state index contributed by atoms with van der Waals surface area (Å²) in [4.78, 5) is 27.3. The van der Waals surface area contributed by atoms with Gasteiger partial charge in [0.15, 0.2) is 0 Å². The fourth-order valence-electron chi connectivity index (χ4n) is 3.65. The van der Waals surface area contributed by atoms with Gasteiger partial charge in [0, 0.05) is 32.1 Å². The van der Waals surface area contributed by atoms with Gasteiger partial charge in [0.05, 0.1) is 15.3 Å². The molecule has 0 radical (unpaired) electrons. The Hall–Kier alpha value is -1.16. The SMILES string of the molecule is CC(C)N1CCC(N2C(=O)CC(CNC(=O)c3ccc(Cl)s3)S2(=O)=O)CC1. The Morgan fingerprint density at radius 3 is 2.56 bits per heavy atom. The van der Waals surface area contributed by atoms with Crippen LogP contribution in [0.15, 0.2) is 12.1 Å². The Balaban J connectivity index is 1.63.